The fraction of sp³-hybridized carbons (Fsp3) is 0.500. The topological polar surface area (TPSA) is 89.6 Å². The molecule has 0 aliphatic rings. The van der Waals surface area contributed by atoms with Crippen LogP contribution in [0.1, 0.15) is 12.8 Å². The second-order valence-electron chi connectivity index (χ2n) is 2.84. The lowest BCUT2D eigenvalue weighted by molar-refractivity contribution is -0.140. The second-order valence-corrected chi connectivity index (χ2v) is 2.84. The number of ether oxygens (including phenoxy) is 1. The van der Waals surface area contributed by atoms with E-state index in [1.54, 1.807) is 6.20 Å². The average molecular weight is 212 g/mol. The van der Waals surface area contributed by atoms with Crippen molar-refractivity contribution in [3.05, 3.63) is 12.4 Å². The summed E-state index contributed by atoms with van der Waals surface area (Å²) in [7, 11) is 1.31. The zero-order valence-corrected chi connectivity index (χ0v) is 8.33. The average Bonchev–Trinajstić information content (AvgIpc) is 2.76. The molecule has 1 heterocycles. The highest BCUT2D eigenvalue weighted by Gasteiger charge is 2.07. The third-order valence-corrected chi connectivity index (χ3v) is 1.80. The number of esters is 1. The summed E-state index contributed by atoms with van der Waals surface area (Å²) in [6.45, 7) is 0.313. The zero-order chi connectivity index (χ0) is 11.1. The molecule has 82 valence electrons. The van der Waals surface area contributed by atoms with Crippen LogP contribution in [0.15, 0.2) is 17.5 Å². The van der Waals surface area contributed by atoms with Gasteiger partial charge in [-0.05, 0) is 0 Å². The Morgan fingerprint density at radius 1 is 1.60 bits per heavy atom. The van der Waals surface area contributed by atoms with Crippen LogP contribution in [0.4, 0.5) is 0 Å². The highest BCUT2D eigenvalue weighted by molar-refractivity contribution is 5.86. The molecule has 0 atom stereocenters. The van der Waals surface area contributed by atoms with E-state index in [2.05, 4.69) is 20.2 Å². The van der Waals surface area contributed by atoms with Gasteiger partial charge in [-0.15, -0.1) is 5.10 Å². The van der Waals surface area contributed by atoms with Crippen LogP contribution in [0.3, 0.4) is 0 Å². The highest BCUT2D eigenvalue weighted by Crippen LogP contribution is 1.98. The Labute approximate surface area is 86.3 Å². The predicted octanol–water partition coefficient (Wildman–Crippen LogP) is 0.0615. The summed E-state index contributed by atoms with van der Waals surface area (Å²) in [5.41, 5.74) is 0.450. The summed E-state index contributed by atoms with van der Waals surface area (Å²) in [6.07, 6.45) is 3.69. The molecular formula is C8H12N4O3. The minimum absolute atomic E-state index is 0.185. The van der Waals surface area contributed by atoms with Crippen molar-refractivity contribution in [3.63, 3.8) is 0 Å². The molecule has 15 heavy (non-hydrogen) atoms. The van der Waals surface area contributed by atoms with E-state index in [1.807, 2.05) is 0 Å². The molecule has 0 saturated heterocycles. The van der Waals surface area contributed by atoms with Crippen LogP contribution in [0.5, 0.6) is 0 Å². The van der Waals surface area contributed by atoms with Gasteiger partial charge in [0.05, 0.1) is 32.0 Å². The van der Waals surface area contributed by atoms with Gasteiger partial charge in [-0.25, -0.2) is 4.68 Å². The Kier molecular flexibility index (Phi) is 4.27. The van der Waals surface area contributed by atoms with Gasteiger partial charge in [-0.3, -0.25) is 4.79 Å². The van der Waals surface area contributed by atoms with E-state index >= 15 is 0 Å². The molecule has 1 rings (SSSR count). The molecule has 7 heteroatoms. The van der Waals surface area contributed by atoms with E-state index in [9.17, 15) is 4.79 Å². The van der Waals surface area contributed by atoms with E-state index in [-0.39, 0.29) is 12.4 Å². The molecule has 0 aliphatic heterocycles. The van der Waals surface area contributed by atoms with Crippen molar-refractivity contribution in [2.75, 3.05) is 7.11 Å². The van der Waals surface area contributed by atoms with E-state index in [1.165, 1.54) is 18.0 Å². The van der Waals surface area contributed by atoms with Gasteiger partial charge in [0, 0.05) is 12.6 Å². The van der Waals surface area contributed by atoms with Crippen LogP contribution in [0.25, 0.3) is 0 Å². The maximum absolute atomic E-state index is 10.8. The number of hydrogen-bond acceptors (Lipinski definition) is 6. The molecule has 0 amide bonds. The van der Waals surface area contributed by atoms with Crippen LogP contribution in [0.2, 0.25) is 0 Å². The van der Waals surface area contributed by atoms with E-state index < -0.39 is 0 Å². The summed E-state index contributed by atoms with van der Waals surface area (Å²) in [5, 5.41) is 19.1. The first-order valence-electron chi connectivity index (χ1n) is 4.37. The number of carbonyl (C=O) groups excluding carboxylic acids is 1. The lowest BCUT2D eigenvalue weighted by atomic mass is 10.2. The van der Waals surface area contributed by atoms with Crippen molar-refractivity contribution in [2.24, 2.45) is 5.16 Å². The fourth-order valence-corrected chi connectivity index (χ4v) is 1.01. The van der Waals surface area contributed by atoms with Crippen molar-refractivity contribution in [3.8, 4) is 0 Å². The minimum Gasteiger partial charge on any atom is -0.469 e. The molecule has 1 aromatic rings. The van der Waals surface area contributed by atoms with Crippen molar-refractivity contribution in [1.82, 2.24) is 15.0 Å². The summed E-state index contributed by atoms with van der Waals surface area (Å²) in [6, 6.07) is 0. The van der Waals surface area contributed by atoms with Crippen LogP contribution in [-0.2, 0) is 16.1 Å². The molecule has 0 aromatic carbocycles. The molecule has 7 nitrogen and oxygen atoms in total. The lowest BCUT2D eigenvalue weighted by Gasteiger charge is -2.02. The maximum atomic E-state index is 10.8. The SMILES string of the molecule is COC(=O)CC/C(Cn1ccnn1)=N\O. The molecule has 0 saturated carbocycles. The molecule has 0 unspecified atom stereocenters. The zero-order valence-electron chi connectivity index (χ0n) is 8.33. The van der Waals surface area contributed by atoms with Gasteiger partial charge < -0.3 is 9.94 Å². The molecule has 1 N–H and O–H groups in total. The molecule has 0 spiro atoms. The third kappa shape index (κ3) is 3.75. The van der Waals surface area contributed by atoms with Gasteiger partial charge in [0.2, 0.25) is 0 Å². The van der Waals surface area contributed by atoms with Crippen molar-refractivity contribution in [2.45, 2.75) is 19.4 Å². The van der Waals surface area contributed by atoms with Crippen LogP contribution in [0, 0.1) is 0 Å². The number of rotatable bonds is 5. The summed E-state index contributed by atoms with van der Waals surface area (Å²) in [4.78, 5) is 10.8. The Morgan fingerprint density at radius 3 is 2.93 bits per heavy atom. The van der Waals surface area contributed by atoms with Crippen molar-refractivity contribution < 1.29 is 14.7 Å². The van der Waals surface area contributed by atoms with Crippen LogP contribution < -0.4 is 0 Å². The Hall–Kier alpha value is -1.92. The molecule has 0 radical (unpaired) electrons. The third-order valence-electron chi connectivity index (χ3n) is 1.80. The van der Waals surface area contributed by atoms with Gasteiger partial charge in [-0.2, -0.15) is 0 Å². The molecule has 1 aromatic heterocycles. The predicted molar refractivity (Wildman–Crippen MR) is 50.5 cm³/mol. The fourth-order valence-electron chi connectivity index (χ4n) is 1.01. The Balaban J connectivity index is 2.41. The monoisotopic (exact) mass is 212 g/mol. The van der Waals surface area contributed by atoms with Gasteiger partial charge in [0.1, 0.15) is 0 Å². The molecule has 0 bridgehead atoms. The van der Waals surface area contributed by atoms with E-state index in [0.717, 1.165) is 0 Å². The first kappa shape index (κ1) is 11.2. The van der Waals surface area contributed by atoms with Crippen molar-refractivity contribution in [1.29, 1.82) is 0 Å². The number of carbonyl (C=O) groups is 1. The second kappa shape index (κ2) is 5.74. The molecular weight excluding hydrogens is 200 g/mol. The quantitative estimate of drug-likeness (QED) is 0.322. The number of methoxy groups -OCH3 is 1. The number of aromatic nitrogens is 3. The number of nitrogens with zero attached hydrogens (tertiary/aromatic N) is 4. The normalized spacial score (nSPS) is 11.4. The Morgan fingerprint density at radius 2 is 2.40 bits per heavy atom. The van der Waals surface area contributed by atoms with Gasteiger partial charge in [-0.1, -0.05) is 10.4 Å². The van der Waals surface area contributed by atoms with Gasteiger partial charge >= 0.3 is 5.97 Å². The minimum atomic E-state index is -0.338. The standard InChI is InChI=1S/C8H12N4O3/c1-15-8(13)3-2-7(10-14)6-12-5-4-9-11-12/h4-5,14H,2-3,6H2,1H3/b10-7+. The summed E-state index contributed by atoms with van der Waals surface area (Å²) in [5.74, 6) is -0.338. The molecule has 0 aliphatic carbocycles. The highest BCUT2D eigenvalue weighted by atomic mass is 16.5. The maximum Gasteiger partial charge on any atom is 0.305 e. The summed E-state index contributed by atoms with van der Waals surface area (Å²) >= 11 is 0. The van der Waals surface area contributed by atoms with Crippen molar-refractivity contribution >= 4 is 11.7 Å². The van der Waals surface area contributed by atoms with Crippen LogP contribution >= 0.6 is 0 Å². The van der Waals surface area contributed by atoms with Crippen LogP contribution in [-0.4, -0.2) is 39.0 Å². The summed E-state index contributed by atoms with van der Waals surface area (Å²) < 4.78 is 5.98. The molecule has 0 fully saturated rings. The van der Waals surface area contributed by atoms with Gasteiger partial charge in [0.15, 0.2) is 0 Å². The van der Waals surface area contributed by atoms with Gasteiger partial charge in [0.25, 0.3) is 0 Å². The first-order chi connectivity index (χ1) is 7.26. The largest absolute Gasteiger partial charge is 0.469 e. The lowest BCUT2D eigenvalue weighted by Crippen LogP contribution is -2.13. The number of hydrogen-bond donors (Lipinski definition) is 1. The number of oxime groups is 1. The smallest absolute Gasteiger partial charge is 0.305 e. The van der Waals surface area contributed by atoms with E-state index in [0.29, 0.717) is 18.7 Å². The van der Waals surface area contributed by atoms with E-state index in [4.69, 9.17) is 5.21 Å². The Bertz CT molecular complexity index is 334. The first-order valence-corrected chi connectivity index (χ1v) is 4.37.